The summed E-state index contributed by atoms with van der Waals surface area (Å²) in [7, 11) is 4.73. The molecule has 1 aromatic carbocycles. The smallest absolute Gasteiger partial charge is 0.203 e. The average Bonchev–Trinajstić information content (AvgIpc) is 3.37. The van der Waals surface area contributed by atoms with Crippen molar-refractivity contribution in [3.8, 4) is 28.4 Å². The van der Waals surface area contributed by atoms with Crippen molar-refractivity contribution in [3.63, 3.8) is 0 Å². The van der Waals surface area contributed by atoms with Crippen molar-refractivity contribution in [1.82, 2.24) is 9.97 Å². The van der Waals surface area contributed by atoms with Gasteiger partial charge in [-0.15, -0.1) is 0 Å². The summed E-state index contributed by atoms with van der Waals surface area (Å²) in [4.78, 5) is 9.18. The van der Waals surface area contributed by atoms with E-state index in [0.29, 0.717) is 33.6 Å². The Labute approximate surface area is 197 Å². The standard InChI is InChI=1S/C24H27N5O3S/c1-30-19-11-15(12-20(31-2)22(19)32-3)16-10-18-17(27-13-16)8-9-21(28-18)29-24(26)33-23(25)14-6-4-5-7-14/h8-14,25H,4-7H2,1-3H3,(H2,26,28,29). The van der Waals surface area contributed by atoms with Crippen molar-refractivity contribution in [3.05, 3.63) is 36.5 Å². The highest BCUT2D eigenvalue weighted by Gasteiger charge is 2.21. The van der Waals surface area contributed by atoms with Crippen molar-refractivity contribution in [2.24, 2.45) is 5.92 Å². The Bertz CT molecular complexity index is 1170. The molecule has 1 saturated carbocycles. The van der Waals surface area contributed by atoms with Crippen LogP contribution in [-0.2, 0) is 0 Å². The third-order valence-electron chi connectivity index (χ3n) is 5.71. The summed E-state index contributed by atoms with van der Waals surface area (Å²) in [5.41, 5.74) is 3.13. The summed E-state index contributed by atoms with van der Waals surface area (Å²) in [6.45, 7) is 0. The highest BCUT2D eigenvalue weighted by atomic mass is 32.2. The summed E-state index contributed by atoms with van der Waals surface area (Å²) in [5, 5.41) is 20.3. The molecule has 33 heavy (non-hydrogen) atoms. The number of thioether (sulfide) groups is 1. The number of hydrogen-bond acceptors (Lipinski definition) is 8. The highest BCUT2D eigenvalue weighted by molar-refractivity contribution is 8.26. The fourth-order valence-corrected chi connectivity index (χ4v) is 4.78. The minimum atomic E-state index is 0.201. The normalized spacial score (nSPS) is 13.7. The Morgan fingerprint density at radius 2 is 1.64 bits per heavy atom. The summed E-state index contributed by atoms with van der Waals surface area (Å²) < 4.78 is 16.3. The fraction of sp³-hybridized carbons (Fsp3) is 0.333. The molecule has 0 aliphatic heterocycles. The van der Waals surface area contributed by atoms with E-state index in [1.54, 1.807) is 33.6 Å². The van der Waals surface area contributed by atoms with Gasteiger partial charge in [-0.3, -0.25) is 15.8 Å². The molecule has 172 valence electrons. The first-order valence-electron chi connectivity index (χ1n) is 10.7. The number of fused-ring (bicyclic) bond motifs is 1. The lowest BCUT2D eigenvalue weighted by Gasteiger charge is -2.14. The van der Waals surface area contributed by atoms with Crippen LogP contribution in [0.25, 0.3) is 22.2 Å². The van der Waals surface area contributed by atoms with E-state index in [1.165, 1.54) is 24.6 Å². The molecule has 8 nitrogen and oxygen atoms in total. The van der Waals surface area contributed by atoms with E-state index in [4.69, 9.17) is 25.0 Å². The zero-order chi connectivity index (χ0) is 23.4. The first kappa shape index (κ1) is 22.8. The number of methoxy groups -OCH3 is 3. The highest BCUT2D eigenvalue weighted by Crippen LogP contribution is 2.41. The predicted octanol–water partition coefficient (Wildman–Crippen LogP) is 5.57. The maximum atomic E-state index is 8.25. The Morgan fingerprint density at radius 3 is 2.27 bits per heavy atom. The second kappa shape index (κ2) is 10.1. The van der Waals surface area contributed by atoms with E-state index in [2.05, 4.69) is 15.3 Å². The molecule has 9 heteroatoms. The molecular formula is C24H27N5O3S. The molecule has 0 spiro atoms. The molecule has 3 aromatic rings. The van der Waals surface area contributed by atoms with Gasteiger partial charge in [0.2, 0.25) is 5.75 Å². The van der Waals surface area contributed by atoms with Gasteiger partial charge in [-0.25, -0.2) is 4.98 Å². The van der Waals surface area contributed by atoms with Crippen molar-refractivity contribution in [1.29, 1.82) is 10.8 Å². The van der Waals surface area contributed by atoms with Crippen molar-refractivity contribution >= 4 is 38.8 Å². The van der Waals surface area contributed by atoms with Crippen molar-refractivity contribution in [2.75, 3.05) is 26.6 Å². The Balaban J connectivity index is 1.58. The van der Waals surface area contributed by atoms with Gasteiger partial charge < -0.3 is 19.5 Å². The van der Waals surface area contributed by atoms with Crippen LogP contribution in [0.3, 0.4) is 0 Å². The van der Waals surface area contributed by atoms with E-state index < -0.39 is 0 Å². The van der Waals surface area contributed by atoms with Crippen LogP contribution >= 0.6 is 11.8 Å². The number of rotatable bonds is 6. The minimum Gasteiger partial charge on any atom is -0.493 e. The van der Waals surface area contributed by atoms with Gasteiger partial charge in [0.05, 0.1) is 37.4 Å². The van der Waals surface area contributed by atoms with Crippen LogP contribution < -0.4 is 19.5 Å². The molecule has 1 aliphatic rings. The van der Waals surface area contributed by atoms with Crippen LogP contribution in [0.5, 0.6) is 17.2 Å². The first-order valence-corrected chi connectivity index (χ1v) is 11.5. The predicted molar refractivity (Wildman–Crippen MR) is 133 cm³/mol. The second-order valence-electron chi connectivity index (χ2n) is 7.77. The third-order valence-corrected chi connectivity index (χ3v) is 6.57. The lowest BCUT2D eigenvalue weighted by atomic mass is 10.1. The molecule has 2 heterocycles. The molecular weight excluding hydrogens is 438 g/mol. The quantitative estimate of drug-likeness (QED) is 0.322. The molecule has 0 radical (unpaired) electrons. The van der Waals surface area contributed by atoms with E-state index in [9.17, 15) is 0 Å². The number of aromatic nitrogens is 2. The van der Waals surface area contributed by atoms with Crippen LogP contribution in [0.2, 0.25) is 0 Å². The number of anilines is 1. The van der Waals surface area contributed by atoms with Gasteiger partial charge in [-0.05, 0) is 60.5 Å². The zero-order valence-corrected chi connectivity index (χ0v) is 19.7. The molecule has 1 aliphatic carbocycles. The summed E-state index contributed by atoms with van der Waals surface area (Å²) in [6, 6.07) is 9.33. The maximum absolute atomic E-state index is 8.25. The number of pyridine rings is 2. The number of benzene rings is 1. The summed E-state index contributed by atoms with van der Waals surface area (Å²) >= 11 is 1.17. The number of ether oxygens (including phenoxy) is 3. The van der Waals surface area contributed by atoms with Crippen molar-refractivity contribution in [2.45, 2.75) is 25.7 Å². The molecule has 1 fully saturated rings. The largest absolute Gasteiger partial charge is 0.493 e. The van der Waals surface area contributed by atoms with E-state index >= 15 is 0 Å². The molecule has 4 rings (SSSR count). The summed E-state index contributed by atoms with van der Waals surface area (Å²) in [6.07, 6.45) is 6.20. The average molecular weight is 466 g/mol. The topological polar surface area (TPSA) is 113 Å². The molecule has 0 amide bonds. The SMILES string of the molecule is COc1cc(-c2cnc3ccc(NC(=N)SC(=N)C4CCCC4)nc3c2)cc(OC)c1OC. The van der Waals surface area contributed by atoms with Gasteiger partial charge in [-0.1, -0.05) is 12.8 Å². The molecule has 0 bridgehead atoms. The second-order valence-corrected chi connectivity index (χ2v) is 8.83. The molecule has 3 N–H and O–H groups in total. The molecule has 0 saturated heterocycles. The van der Waals surface area contributed by atoms with Crippen LogP contribution in [0.1, 0.15) is 25.7 Å². The van der Waals surface area contributed by atoms with Gasteiger partial charge in [0.25, 0.3) is 0 Å². The number of nitrogens with one attached hydrogen (secondary N) is 3. The number of nitrogens with zero attached hydrogens (tertiary/aromatic N) is 2. The molecule has 0 atom stereocenters. The zero-order valence-electron chi connectivity index (χ0n) is 18.9. The minimum absolute atomic E-state index is 0.201. The van der Waals surface area contributed by atoms with Crippen LogP contribution in [0.15, 0.2) is 36.5 Å². The lowest BCUT2D eigenvalue weighted by Crippen LogP contribution is -2.14. The Hall–Kier alpha value is -3.33. The number of hydrogen-bond donors (Lipinski definition) is 3. The van der Waals surface area contributed by atoms with E-state index in [-0.39, 0.29) is 11.1 Å². The van der Waals surface area contributed by atoms with Crippen LogP contribution in [-0.4, -0.2) is 41.5 Å². The van der Waals surface area contributed by atoms with Crippen LogP contribution in [0.4, 0.5) is 5.82 Å². The summed E-state index contributed by atoms with van der Waals surface area (Å²) in [5.74, 6) is 2.48. The molecule has 0 unspecified atom stereocenters. The lowest BCUT2D eigenvalue weighted by molar-refractivity contribution is 0.324. The van der Waals surface area contributed by atoms with Crippen molar-refractivity contribution < 1.29 is 14.2 Å². The Kier molecular flexibility index (Phi) is 6.98. The van der Waals surface area contributed by atoms with Crippen LogP contribution in [0, 0.1) is 16.7 Å². The monoisotopic (exact) mass is 465 g/mol. The van der Waals surface area contributed by atoms with Gasteiger partial charge in [0, 0.05) is 17.7 Å². The number of amidine groups is 1. The third kappa shape index (κ3) is 5.03. The molecule has 2 aromatic heterocycles. The van der Waals surface area contributed by atoms with Gasteiger partial charge in [0.1, 0.15) is 5.82 Å². The fourth-order valence-electron chi connectivity index (χ4n) is 4.00. The first-order chi connectivity index (χ1) is 16.0. The Morgan fingerprint density at radius 1 is 0.939 bits per heavy atom. The van der Waals surface area contributed by atoms with E-state index in [0.717, 1.165) is 29.5 Å². The maximum Gasteiger partial charge on any atom is 0.203 e. The van der Waals surface area contributed by atoms with Gasteiger partial charge in [0.15, 0.2) is 16.7 Å². The van der Waals surface area contributed by atoms with Gasteiger partial charge >= 0.3 is 0 Å². The van der Waals surface area contributed by atoms with Gasteiger partial charge in [-0.2, -0.15) is 0 Å². The van der Waals surface area contributed by atoms with E-state index in [1.807, 2.05) is 24.3 Å².